The Morgan fingerprint density at radius 3 is 2.55 bits per heavy atom. The lowest BCUT2D eigenvalue weighted by Gasteiger charge is -2.12. The lowest BCUT2D eigenvalue weighted by Crippen LogP contribution is -2.31. The first-order chi connectivity index (χ1) is 14.0. The van der Waals surface area contributed by atoms with E-state index in [4.69, 9.17) is 21.7 Å². The molecule has 0 fully saturated rings. The van der Waals surface area contributed by atoms with Crippen molar-refractivity contribution in [1.29, 1.82) is 0 Å². The Hall–Kier alpha value is -2.12. The zero-order valence-corrected chi connectivity index (χ0v) is 19.5. The van der Waals surface area contributed by atoms with Crippen molar-refractivity contribution in [3.05, 3.63) is 58.1 Å². The molecular weight excluding hydrogens is 450 g/mol. The van der Waals surface area contributed by atoms with Crippen LogP contribution < -0.4 is 20.2 Å². The van der Waals surface area contributed by atoms with Crippen molar-refractivity contribution in [1.82, 2.24) is 10.7 Å². The molecule has 0 aliphatic carbocycles. The third-order valence-corrected chi connectivity index (χ3v) is 5.08. The molecule has 0 aliphatic heterocycles. The van der Waals surface area contributed by atoms with Gasteiger partial charge in [-0.2, -0.15) is 5.10 Å². The minimum atomic E-state index is 0.429. The number of hydrogen-bond acceptors (Lipinski definition) is 4. The van der Waals surface area contributed by atoms with Crippen molar-refractivity contribution in [2.45, 2.75) is 33.1 Å². The van der Waals surface area contributed by atoms with E-state index >= 15 is 0 Å². The van der Waals surface area contributed by atoms with E-state index in [1.54, 1.807) is 6.21 Å². The van der Waals surface area contributed by atoms with Crippen LogP contribution in [0.25, 0.3) is 0 Å². The molecule has 0 heterocycles. The number of thiocarbonyl (C=S) groups is 1. The van der Waals surface area contributed by atoms with Crippen LogP contribution in [0.3, 0.4) is 0 Å². The zero-order chi connectivity index (χ0) is 21.1. The van der Waals surface area contributed by atoms with Crippen LogP contribution in [0.5, 0.6) is 11.5 Å². The molecule has 0 radical (unpaired) electrons. The van der Waals surface area contributed by atoms with Gasteiger partial charge in [0.15, 0.2) is 5.11 Å². The molecule has 0 saturated heterocycles. The van der Waals surface area contributed by atoms with Crippen molar-refractivity contribution in [3.8, 4) is 11.5 Å². The zero-order valence-electron chi connectivity index (χ0n) is 17.1. The van der Waals surface area contributed by atoms with Crippen LogP contribution in [0.1, 0.15) is 44.2 Å². The largest absolute Gasteiger partial charge is 0.490 e. The molecule has 0 bridgehead atoms. The molecule has 5 nitrogen and oxygen atoms in total. The predicted molar refractivity (Wildman–Crippen MR) is 127 cm³/mol. The third-order valence-electron chi connectivity index (χ3n) is 4.35. The summed E-state index contributed by atoms with van der Waals surface area (Å²) in [5.74, 6) is 2.13. The van der Waals surface area contributed by atoms with Gasteiger partial charge < -0.3 is 14.8 Å². The van der Waals surface area contributed by atoms with Crippen molar-refractivity contribution in [2.75, 3.05) is 19.8 Å². The van der Waals surface area contributed by atoms with Crippen LogP contribution in [-0.2, 0) is 0 Å². The topological polar surface area (TPSA) is 54.9 Å². The summed E-state index contributed by atoms with van der Waals surface area (Å²) in [6, 6.07) is 14.0. The Kier molecular flexibility index (Phi) is 9.94. The van der Waals surface area contributed by atoms with Gasteiger partial charge in [-0.15, -0.1) is 0 Å². The number of hydrogen-bond donors (Lipinski definition) is 2. The smallest absolute Gasteiger partial charge is 0.186 e. The first-order valence-corrected chi connectivity index (χ1v) is 11.0. The number of ether oxygens (including phenoxy) is 2. The molecule has 29 heavy (non-hydrogen) atoms. The van der Waals surface area contributed by atoms with Gasteiger partial charge in [0.25, 0.3) is 0 Å². The van der Waals surface area contributed by atoms with Gasteiger partial charge in [0.1, 0.15) is 24.7 Å². The summed E-state index contributed by atoms with van der Waals surface area (Å²) >= 11 is 8.57. The molecule has 2 N–H and O–H groups in total. The molecule has 0 aromatic heterocycles. The van der Waals surface area contributed by atoms with Gasteiger partial charge >= 0.3 is 0 Å². The molecule has 7 heteroatoms. The van der Waals surface area contributed by atoms with Crippen LogP contribution in [0.4, 0.5) is 0 Å². The number of nitrogens with one attached hydrogen (secondary N) is 2. The van der Waals surface area contributed by atoms with Crippen LogP contribution in [0, 0.1) is 0 Å². The van der Waals surface area contributed by atoms with Crippen LogP contribution in [0.15, 0.2) is 52.0 Å². The first-order valence-electron chi connectivity index (χ1n) is 9.75. The van der Waals surface area contributed by atoms with Crippen molar-refractivity contribution in [2.24, 2.45) is 5.10 Å². The van der Waals surface area contributed by atoms with Crippen molar-refractivity contribution in [3.63, 3.8) is 0 Å². The van der Waals surface area contributed by atoms with Gasteiger partial charge in [-0.05, 0) is 67.4 Å². The number of benzene rings is 2. The summed E-state index contributed by atoms with van der Waals surface area (Å²) in [4.78, 5) is 0. The molecule has 156 valence electrons. The second-order valence-corrected chi connectivity index (χ2v) is 7.81. The maximum Gasteiger partial charge on any atom is 0.186 e. The summed E-state index contributed by atoms with van der Waals surface area (Å²) in [5.41, 5.74) is 4.95. The lowest BCUT2D eigenvalue weighted by molar-refractivity contribution is 0.217. The molecule has 1 atom stereocenters. The first kappa shape index (κ1) is 23.2. The molecule has 2 rings (SSSR count). The second kappa shape index (κ2) is 12.4. The molecular formula is C22H28BrN3O2S. The van der Waals surface area contributed by atoms with E-state index in [0.717, 1.165) is 34.5 Å². The highest BCUT2D eigenvalue weighted by Crippen LogP contribution is 2.23. The number of rotatable bonds is 10. The molecule has 0 unspecified atom stereocenters. The van der Waals surface area contributed by atoms with E-state index in [0.29, 0.717) is 24.2 Å². The fraction of sp³-hybridized carbons (Fsp3) is 0.364. The average molecular weight is 478 g/mol. The normalized spacial score (nSPS) is 11.9. The van der Waals surface area contributed by atoms with Gasteiger partial charge in [-0.25, -0.2) is 0 Å². The fourth-order valence-corrected chi connectivity index (χ4v) is 3.13. The van der Waals surface area contributed by atoms with E-state index in [2.05, 4.69) is 57.8 Å². The van der Waals surface area contributed by atoms with E-state index in [9.17, 15) is 0 Å². The highest BCUT2D eigenvalue weighted by Gasteiger charge is 2.05. The van der Waals surface area contributed by atoms with Gasteiger partial charge in [0, 0.05) is 16.6 Å². The molecule has 0 amide bonds. The van der Waals surface area contributed by atoms with Crippen LogP contribution in [0.2, 0.25) is 0 Å². The Morgan fingerprint density at radius 1 is 1.14 bits per heavy atom. The third kappa shape index (κ3) is 8.03. The Balaban J connectivity index is 1.87. The Morgan fingerprint density at radius 2 is 1.86 bits per heavy atom. The van der Waals surface area contributed by atoms with Gasteiger partial charge in [-0.3, -0.25) is 5.43 Å². The van der Waals surface area contributed by atoms with Crippen LogP contribution >= 0.6 is 28.1 Å². The maximum atomic E-state index is 5.88. The number of nitrogens with zero attached hydrogens (tertiary/aromatic N) is 1. The second-order valence-electron chi connectivity index (χ2n) is 6.49. The molecule has 2 aromatic carbocycles. The standard InChI is InChI=1S/C22H28BrN3O2S/c1-4-16(3)17-6-9-20(10-7-17)27-12-13-28-21-11-8-19(23)14-18(21)15-25-26-22(29)24-5-2/h6-11,14-16H,4-5,12-13H2,1-3H3,(H2,24,26,29)/t16-/m0/s1. The average Bonchev–Trinajstić information content (AvgIpc) is 2.72. The minimum Gasteiger partial charge on any atom is -0.490 e. The van der Waals surface area contributed by atoms with Gasteiger partial charge in [0.05, 0.1) is 6.21 Å². The minimum absolute atomic E-state index is 0.429. The highest BCUT2D eigenvalue weighted by atomic mass is 79.9. The summed E-state index contributed by atoms with van der Waals surface area (Å²) in [5, 5.41) is 7.61. The number of halogens is 1. The van der Waals surface area contributed by atoms with E-state index in [1.165, 1.54) is 5.56 Å². The van der Waals surface area contributed by atoms with Crippen molar-refractivity contribution < 1.29 is 9.47 Å². The van der Waals surface area contributed by atoms with Gasteiger partial charge in [-0.1, -0.05) is 41.9 Å². The van der Waals surface area contributed by atoms with Gasteiger partial charge in [0.2, 0.25) is 0 Å². The molecule has 0 aliphatic rings. The Bertz CT molecular complexity index is 812. The predicted octanol–water partition coefficient (Wildman–Crippen LogP) is 5.24. The maximum absolute atomic E-state index is 5.88. The van der Waals surface area contributed by atoms with Crippen molar-refractivity contribution >= 4 is 39.5 Å². The lowest BCUT2D eigenvalue weighted by atomic mass is 9.99. The van der Waals surface area contributed by atoms with Crippen LogP contribution in [-0.4, -0.2) is 31.1 Å². The monoisotopic (exact) mass is 477 g/mol. The summed E-state index contributed by atoms with van der Waals surface area (Å²) in [6.45, 7) is 8.02. The van der Waals surface area contributed by atoms with E-state index in [-0.39, 0.29) is 0 Å². The number of hydrazone groups is 1. The molecule has 2 aromatic rings. The fourth-order valence-electron chi connectivity index (χ4n) is 2.55. The van der Waals surface area contributed by atoms with E-state index in [1.807, 2.05) is 37.3 Å². The Labute approximate surface area is 187 Å². The summed E-state index contributed by atoms with van der Waals surface area (Å²) < 4.78 is 12.6. The molecule has 0 spiro atoms. The SMILES string of the molecule is CCNC(=S)NN=Cc1cc(Br)ccc1OCCOc1ccc([C@@H](C)CC)cc1. The quantitative estimate of drug-likeness (QED) is 0.212. The summed E-state index contributed by atoms with van der Waals surface area (Å²) in [6.07, 6.45) is 2.81. The molecule has 0 saturated carbocycles. The highest BCUT2D eigenvalue weighted by molar-refractivity contribution is 9.10. The van der Waals surface area contributed by atoms with E-state index < -0.39 is 0 Å². The summed E-state index contributed by atoms with van der Waals surface area (Å²) in [7, 11) is 0.